The van der Waals surface area contributed by atoms with Crippen molar-refractivity contribution in [1.29, 1.82) is 0 Å². The molecule has 1 aromatic heterocycles. The van der Waals surface area contributed by atoms with Gasteiger partial charge in [0.2, 0.25) is 0 Å². The summed E-state index contributed by atoms with van der Waals surface area (Å²) in [5.74, 6) is 0. The molecule has 0 aliphatic heterocycles. The van der Waals surface area contributed by atoms with Gasteiger partial charge in [-0.2, -0.15) is 0 Å². The maximum atomic E-state index is 4.42. The molecule has 6 rings (SSSR count). The minimum Gasteiger partial charge on any atom is -0.353 e. The van der Waals surface area contributed by atoms with E-state index < -0.39 is 0 Å². The number of nitrogens with zero attached hydrogens (tertiary/aromatic N) is 1. The van der Waals surface area contributed by atoms with Crippen LogP contribution in [0.5, 0.6) is 0 Å². The average Bonchev–Trinajstić information content (AvgIpc) is 2.79. The second kappa shape index (κ2) is 6.59. The van der Waals surface area contributed by atoms with E-state index in [1.807, 2.05) is 12.4 Å². The van der Waals surface area contributed by atoms with Gasteiger partial charge in [0.05, 0.1) is 11.9 Å². The summed E-state index contributed by atoms with van der Waals surface area (Å²) in [6, 6.07) is 24.2. The van der Waals surface area contributed by atoms with Crippen LogP contribution >= 0.6 is 0 Å². The lowest BCUT2D eigenvalue weighted by Gasteiger charge is -2.19. The fraction of sp³-hybridized carbons (Fsp3) is 0.148. The Bertz CT molecular complexity index is 1380. The maximum Gasteiger partial charge on any atom is 0.0650 e. The van der Waals surface area contributed by atoms with Gasteiger partial charge in [-0.25, -0.2) is 0 Å². The van der Waals surface area contributed by atoms with Crippen molar-refractivity contribution in [2.24, 2.45) is 0 Å². The van der Waals surface area contributed by atoms with Crippen molar-refractivity contribution in [1.82, 2.24) is 4.98 Å². The Labute approximate surface area is 170 Å². The van der Waals surface area contributed by atoms with Crippen LogP contribution in [0.4, 0.5) is 11.4 Å². The second-order valence-corrected chi connectivity index (χ2v) is 8.00. The van der Waals surface area contributed by atoms with Crippen LogP contribution in [-0.4, -0.2) is 4.98 Å². The highest BCUT2D eigenvalue weighted by atomic mass is 14.9. The summed E-state index contributed by atoms with van der Waals surface area (Å²) in [6.07, 6.45) is 8.88. The summed E-state index contributed by atoms with van der Waals surface area (Å²) in [7, 11) is 0. The first-order valence-electron chi connectivity index (χ1n) is 10.4. The number of aryl methyl sites for hydroxylation is 2. The van der Waals surface area contributed by atoms with Gasteiger partial charge in [-0.3, -0.25) is 4.98 Å². The minimum absolute atomic E-state index is 1.04. The third-order valence-electron chi connectivity index (χ3n) is 6.33. The van der Waals surface area contributed by atoms with E-state index in [0.717, 1.165) is 16.8 Å². The lowest BCUT2D eigenvalue weighted by atomic mass is 9.86. The quantitative estimate of drug-likeness (QED) is 0.331. The second-order valence-electron chi connectivity index (χ2n) is 8.00. The SMILES string of the molecule is c1ccc2c(Nc3cccc4c3ccc3c5c(ccc34)CCCC5)cncc2c1. The molecule has 0 spiro atoms. The molecule has 0 amide bonds. The standard InChI is InChI=1S/C27H22N2/c1-3-8-20-18(6-1)12-13-24-22-10-5-11-26(25(22)15-14-23(20)24)29-27-17-28-16-19-7-2-4-9-21(19)27/h2,4-5,7,9-17,29H,1,3,6,8H2. The highest BCUT2D eigenvalue weighted by Gasteiger charge is 2.14. The molecule has 2 heteroatoms. The molecule has 0 saturated carbocycles. The predicted octanol–water partition coefficient (Wildman–Crippen LogP) is 7.16. The molecular weight excluding hydrogens is 352 g/mol. The Morgan fingerprint density at radius 1 is 0.586 bits per heavy atom. The van der Waals surface area contributed by atoms with Crippen LogP contribution in [-0.2, 0) is 12.8 Å². The first-order chi connectivity index (χ1) is 14.4. The van der Waals surface area contributed by atoms with Crippen molar-refractivity contribution < 1.29 is 0 Å². The van der Waals surface area contributed by atoms with Gasteiger partial charge >= 0.3 is 0 Å². The molecule has 1 aliphatic rings. The smallest absolute Gasteiger partial charge is 0.0650 e. The van der Waals surface area contributed by atoms with E-state index >= 15 is 0 Å². The van der Waals surface area contributed by atoms with Gasteiger partial charge in [-0.05, 0) is 59.0 Å². The van der Waals surface area contributed by atoms with Gasteiger partial charge < -0.3 is 5.32 Å². The largest absolute Gasteiger partial charge is 0.353 e. The topological polar surface area (TPSA) is 24.9 Å². The number of aromatic nitrogens is 1. The summed E-state index contributed by atoms with van der Waals surface area (Å²) in [5.41, 5.74) is 5.27. The molecular formula is C27H22N2. The van der Waals surface area contributed by atoms with Crippen LogP contribution in [0.2, 0.25) is 0 Å². The fourth-order valence-corrected chi connectivity index (χ4v) is 4.90. The minimum atomic E-state index is 1.04. The zero-order valence-corrected chi connectivity index (χ0v) is 16.3. The Morgan fingerprint density at radius 3 is 2.38 bits per heavy atom. The Hall–Kier alpha value is -3.39. The average molecular weight is 374 g/mol. The Balaban J connectivity index is 1.54. The van der Waals surface area contributed by atoms with E-state index in [9.17, 15) is 0 Å². The highest BCUT2D eigenvalue weighted by molar-refractivity contribution is 6.13. The van der Waals surface area contributed by atoms with Crippen molar-refractivity contribution in [2.75, 3.05) is 5.32 Å². The first-order valence-corrected chi connectivity index (χ1v) is 10.4. The monoisotopic (exact) mass is 374 g/mol. The van der Waals surface area contributed by atoms with E-state index in [1.54, 1.807) is 11.1 Å². The lowest BCUT2D eigenvalue weighted by Crippen LogP contribution is -2.03. The molecule has 0 fully saturated rings. The molecule has 1 aliphatic carbocycles. The van der Waals surface area contributed by atoms with Crippen LogP contribution in [0.3, 0.4) is 0 Å². The molecule has 140 valence electrons. The van der Waals surface area contributed by atoms with Crippen LogP contribution < -0.4 is 5.32 Å². The number of benzene rings is 4. The summed E-state index contributed by atoms with van der Waals surface area (Å²) in [4.78, 5) is 4.42. The number of nitrogens with one attached hydrogen (secondary N) is 1. The summed E-state index contributed by atoms with van der Waals surface area (Å²) in [5, 5.41) is 11.4. The van der Waals surface area contributed by atoms with E-state index in [4.69, 9.17) is 0 Å². The number of hydrogen-bond acceptors (Lipinski definition) is 2. The zero-order valence-electron chi connectivity index (χ0n) is 16.3. The Morgan fingerprint density at radius 2 is 1.38 bits per heavy atom. The van der Waals surface area contributed by atoms with Gasteiger partial charge in [0.1, 0.15) is 0 Å². The summed E-state index contributed by atoms with van der Waals surface area (Å²) in [6.45, 7) is 0. The summed E-state index contributed by atoms with van der Waals surface area (Å²) >= 11 is 0. The molecule has 0 atom stereocenters. The van der Waals surface area contributed by atoms with E-state index in [-0.39, 0.29) is 0 Å². The van der Waals surface area contributed by atoms with E-state index in [1.165, 1.54) is 52.6 Å². The number of rotatable bonds is 2. The first kappa shape index (κ1) is 16.6. The molecule has 4 aromatic carbocycles. The van der Waals surface area contributed by atoms with Crippen molar-refractivity contribution in [3.63, 3.8) is 0 Å². The molecule has 2 nitrogen and oxygen atoms in total. The van der Waals surface area contributed by atoms with Gasteiger partial charge in [0.25, 0.3) is 0 Å². The molecule has 0 radical (unpaired) electrons. The van der Waals surface area contributed by atoms with Crippen molar-refractivity contribution >= 4 is 43.7 Å². The normalized spacial score (nSPS) is 13.7. The number of fused-ring (bicyclic) bond motifs is 6. The van der Waals surface area contributed by atoms with Crippen LogP contribution in [0.1, 0.15) is 24.0 Å². The van der Waals surface area contributed by atoms with E-state index in [0.29, 0.717) is 0 Å². The van der Waals surface area contributed by atoms with Crippen molar-refractivity contribution in [3.8, 4) is 0 Å². The van der Waals surface area contributed by atoms with Crippen LogP contribution in [0.15, 0.2) is 79.1 Å². The number of anilines is 2. The van der Waals surface area contributed by atoms with Gasteiger partial charge in [0, 0.05) is 28.0 Å². The van der Waals surface area contributed by atoms with Gasteiger partial charge in [-0.1, -0.05) is 60.7 Å². The number of pyridine rings is 1. The molecule has 0 saturated heterocycles. The Kier molecular flexibility index (Phi) is 3.76. The third kappa shape index (κ3) is 2.67. The van der Waals surface area contributed by atoms with E-state index in [2.05, 4.69) is 77.0 Å². The maximum absolute atomic E-state index is 4.42. The van der Waals surface area contributed by atoms with Crippen molar-refractivity contribution in [2.45, 2.75) is 25.7 Å². The third-order valence-corrected chi connectivity index (χ3v) is 6.33. The van der Waals surface area contributed by atoms with Crippen molar-refractivity contribution in [3.05, 3.63) is 90.3 Å². The molecule has 0 bridgehead atoms. The van der Waals surface area contributed by atoms with Gasteiger partial charge in [-0.15, -0.1) is 0 Å². The van der Waals surface area contributed by atoms with Gasteiger partial charge in [0.15, 0.2) is 0 Å². The predicted molar refractivity (Wildman–Crippen MR) is 123 cm³/mol. The zero-order chi connectivity index (χ0) is 19.2. The fourth-order valence-electron chi connectivity index (χ4n) is 4.90. The van der Waals surface area contributed by atoms with Crippen LogP contribution in [0.25, 0.3) is 32.3 Å². The number of hydrogen-bond donors (Lipinski definition) is 1. The molecule has 0 unspecified atom stereocenters. The van der Waals surface area contributed by atoms with Crippen LogP contribution in [0, 0.1) is 0 Å². The lowest BCUT2D eigenvalue weighted by molar-refractivity contribution is 0.690. The molecule has 29 heavy (non-hydrogen) atoms. The highest BCUT2D eigenvalue weighted by Crippen LogP contribution is 2.37. The summed E-state index contributed by atoms with van der Waals surface area (Å²) < 4.78 is 0. The molecule has 1 N–H and O–H groups in total. The molecule has 5 aromatic rings. The molecule has 1 heterocycles.